The minimum Gasteiger partial charge on any atom is -0.457 e. The van der Waals surface area contributed by atoms with Gasteiger partial charge in [-0.2, -0.15) is 0 Å². The number of hydrogen-bond donors (Lipinski definition) is 0. The Kier molecular flexibility index (Phi) is 5.90. The summed E-state index contributed by atoms with van der Waals surface area (Å²) >= 11 is 5.88. The summed E-state index contributed by atoms with van der Waals surface area (Å²) in [6.45, 7) is 2.20. The molecule has 110 valence electrons. The first-order valence-corrected chi connectivity index (χ1v) is 8.04. The van der Waals surface area contributed by atoms with E-state index in [0.717, 1.165) is 31.2 Å². The number of hydrogen-bond acceptors (Lipinski definition) is 2. The van der Waals surface area contributed by atoms with Gasteiger partial charge in [-0.05, 0) is 37.0 Å². The lowest BCUT2D eigenvalue weighted by Crippen LogP contribution is -2.26. The molecule has 1 aromatic rings. The van der Waals surface area contributed by atoms with E-state index in [4.69, 9.17) is 16.3 Å². The smallest absolute Gasteiger partial charge is 0.309 e. The van der Waals surface area contributed by atoms with Crippen molar-refractivity contribution in [3.8, 4) is 0 Å². The Hall–Kier alpha value is -1.02. The molecular weight excluding hydrogens is 272 g/mol. The zero-order valence-corrected chi connectivity index (χ0v) is 12.9. The third-order valence-electron chi connectivity index (χ3n) is 4.02. The fourth-order valence-electron chi connectivity index (χ4n) is 2.76. The van der Waals surface area contributed by atoms with Crippen LogP contribution < -0.4 is 0 Å². The van der Waals surface area contributed by atoms with Crippen molar-refractivity contribution in [2.24, 2.45) is 5.92 Å². The summed E-state index contributed by atoms with van der Waals surface area (Å²) in [6.07, 6.45) is 7.60. The highest BCUT2D eigenvalue weighted by Gasteiger charge is 2.30. The highest BCUT2D eigenvalue weighted by Crippen LogP contribution is 2.33. The van der Waals surface area contributed by atoms with Gasteiger partial charge >= 0.3 is 5.97 Å². The zero-order chi connectivity index (χ0) is 14.4. The predicted octanol–water partition coefficient (Wildman–Crippen LogP) is 5.30. The van der Waals surface area contributed by atoms with E-state index in [1.807, 2.05) is 24.3 Å². The van der Waals surface area contributed by atoms with E-state index in [0.29, 0.717) is 5.02 Å². The maximum atomic E-state index is 12.1. The molecule has 20 heavy (non-hydrogen) atoms. The van der Waals surface area contributed by atoms with Crippen LogP contribution >= 0.6 is 11.6 Å². The van der Waals surface area contributed by atoms with Crippen LogP contribution in [0.1, 0.15) is 63.5 Å². The van der Waals surface area contributed by atoms with Crippen LogP contribution in [0.25, 0.3) is 0 Å². The number of benzene rings is 1. The van der Waals surface area contributed by atoms with E-state index in [1.54, 1.807) is 0 Å². The van der Waals surface area contributed by atoms with Gasteiger partial charge in [-0.25, -0.2) is 0 Å². The largest absolute Gasteiger partial charge is 0.457 e. The Balaban J connectivity index is 1.82. The zero-order valence-electron chi connectivity index (χ0n) is 12.1. The average molecular weight is 295 g/mol. The molecule has 2 rings (SSSR count). The molecular formula is C17H23ClO2. The van der Waals surface area contributed by atoms with Crippen molar-refractivity contribution >= 4 is 17.6 Å². The molecule has 2 unspecified atom stereocenters. The van der Waals surface area contributed by atoms with Gasteiger partial charge in [0.25, 0.3) is 0 Å². The Labute approximate surface area is 126 Å². The van der Waals surface area contributed by atoms with Gasteiger partial charge in [0.15, 0.2) is 0 Å². The summed E-state index contributed by atoms with van der Waals surface area (Å²) in [5, 5.41) is 0.713. The number of rotatable bonds is 6. The van der Waals surface area contributed by atoms with Crippen LogP contribution in [-0.4, -0.2) is 5.97 Å². The number of halogens is 1. The van der Waals surface area contributed by atoms with Crippen LogP contribution in [-0.2, 0) is 9.53 Å². The summed E-state index contributed by atoms with van der Waals surface area (Å²) in [5.41, 5.74) is 1.05. The lowest BCUT2D eigenvalue weighted by atomic mass is 9.90. The first kappa shape index (κ1) is 15.4. The van der Waals surface area contributed by atoms with Gasteiger partial charge in [0.1, 0.15) is 6.10 Å². The lowest BCUT2D eigenvalue weighted by molar-refractivity contribution is -0.161. The van der Waals surface area contributed by atoms with Crippen molar-refractivity contribution < 1.29 is 9.53 Å². The van der Waals surface area contributed by atoms with Crippen molar-refractivity contribution in [2.75, 3.05) is 0 Å². The van der Waals surface area contributed by atoms with Gasteiger partial charge in [0.05, 0.1) is 5.92 Å². The van der Waals surface area contributed by atoms with Gasteiger partial charge in [-0.3, -0.25) is 4.79 Å². The summed E-state index contributed by atoms with van der Waals surface area (Å²) in [4.78, 5) is 12.1. The molecule has 0 aromatic heterocycles. The van der Waals surface area contributed by atoms with Crippen molar-refractivity contribution in [3.63, 3.8) is 0 Å². The molecule has 1 saturated heterocycles. The van der Waals surface area contributed by atoms with Crippen LogP contribution in [0.2, 0.25) is 5.02 Å². The molecule has 2 nitrogen and oxygen atoms in total. The Morgan fingerprint density at radius 1 is 1.15 bits per heavy atom. The van der Waals surface area contributed by atoms with Crippen LogP contribution in [0.4, 0.5) is 0 Å². The van der Waals surface area contributed by atoms with E-state index >= 15 is 0 Å². The topological polar surface area (TPSA) is 26.3 Å². The lowest BCUT2D eigenvalue weighted by Gasteiger charge is -2.28. The summed E-state index contributed by atoms with van der Waals surface area (Å²) in [6, 6.07) is 7.59. The van der Waals surface area contributed by atoms with E-state index in [9.17, 15) is 4.79 Å². The van der Waals surface area contributed by atoms with Gasteiger partial charge in [-0.15, -0.1) is 0 Å². The van der Waals surface area contributed by atoms with Crippen molar-refractivity contribution in [1.29, 1.82) is 0 Å². The fraction of sp³-hybridized carbons (Fsp3) is 0.588. The van der Waals surface area contributed by atoms with Crippen molar-refractivity contribution in [1.82, 2.24) is 0 Å². The van der Waals surface area contributed by atoms with E-state index < -0.39 is 0 Å². The quantitative estimate of drug-likeness (QED) is 0.525. The van der Waals surface area contributed by atoms with Crippen molar-refractivity contribution in [3.05, 3.63) is 34.9 Å². The van der Waals surface area contributed by atoms with Gasteiger partial charge in [0.2, 0.25) is 0 Å². The fourth-order valence-corrected chi connectivity index (χ4v) is 2.88. The Bertz CT molecular complexity index is 427. The normalized spacial score (nSPS) is 22.6. The SMILES string of the molecule is CCCCCCC1CCC(c2ccc(Cl)cc2)OC1=O. The molecule has 1 aliphatic heterocycles. The highest BCUT2D eigenvalue weighted by molar-refractivity contribution is 6.30. The molecule has 0 amide bonds. The molecule has 2 atom stereocenters. The number of carbonyl (C=O) groups is 1. The second kappa shape index (κ2) is 7.68. The number of ether oxygens (including phenoxy) is 1. The van der Waals surface area contributed by atoms with Gasteiger partial charge < -0.3 is 4.74 Å². The standard InChI is InChI=1S/C17H23ClO2/c1-2-3-4-5-6-14-9-12-16(20-17(14)19)13-7-10-15(18)11-8-13/h7-8,10-11,14,16H,2-6,9,12H2,1H3. The molecule has 1 aromatic carbocycles. The average Bonchev–Trinajstić information content (AvgIpc) is 2.46. The summed E-state index contributed by atoms with van der Waals surface area (Å²) in [7, 11) is 0. The van der Waals surface area contributed by atoms with Crippen LogP contribution in [0.5, 0.6) is 0 Å². The highest BCUT2D eigenvalue weighted by atomic mass is 35.5. The minimum atomic E-state index is -0.0911. The molecule has 1 aliphatic rings. The first-order valence-electron chi connectivity index (χ1n) is 7.66. The molecule has 0 radical (unpaired) electrons. The molecule has 0 spiro atoms. The molecule has 0 aliphatic carbocycles. The van der Waals surface area contributed by atoms with E-state index in [2.05, 4.69) is 6.92 Å². The second-order valence-corrected chi connectivity index (χ2v) is 6.04. The van der Waals surface area contributed by atoms with Crippen LogP contribution in [0, 0.1) is 5.92 Å². The van der Waals surface area contributed by atoms with Gasteiger partial charge in [0, 0.05) is 5.02 Å². The van der Waals surface area contributed by atoms with Crippen LogP contribution in [0.15, 0.2) is 24.3 Å². The van der Waals surface area contributed by atoms with E-state index in [-0.39, 0.29) is 18.0 Å². The predicted molar refractivity (Wildman–Crippen MR) is 81.8 cm³/mol. The first-order chi connectivity index (χ1) is 9.70. The molecule has 0 saturated carbocycles. The van der Waals surface area contributed by atoms with Gasteiger partial charge in [-0.1, -0.05) is 56.3 Å². The monoisotopic (exact) mass is 294 g/mol. The molecule has 3 heteroatoms. The minimum absolute atomic E-state index is 0.0206. The van der Waals surface area contributed by atoms with Crippen LogP contribution in [0.3, 0.4) is 0 Å². The summed E-state index contributed by atoms with van der Waals surface area (Å²) in [5.74, 6) is 0.0862. The summed E-state index contributed by atoms with van der Waals surface area (Å²) < 4.78 is 5.60. The molecule has 0 bridgehead atoms. The number of carbonyl (C=O) groups excluding carboxylic acids is 1. The molecule has 1 fully saturated rings. The maximum absolute atomic E-state index is 12.1. The third-order valence-corrected chi connectivity index (χ3v) is 4.27. The molecule has 1 heterocycles. The number of cyclic esters (lactones) is 1. The molecule has 0 N–H and O–H groups in total. The van der Waals surface area contributed by atoms with E-state index in [1.165, 1.54) is 19.3 Å². The Morgan fingerprint density at radius 3 is 2.55 bits per heavy atom. The second-order valence-electron chi connectivity index (χ2n) is 5.60. The Morgan fingerprint density at radius 2 is 1.90 bits per heavy atom. The maximum Gasteiger partial charge on any atom is 0.309 e. The number of unbranched alkanes of at least 4 members (excludes halogenated alkanes) is 3. The van der Waals surface area contributed by atoms with Crippen molar-refractivity contribution in [2.45, 2.75) is 58.0 Å². The number of esters is 1. The third kappa shape index (κ3) is 4.24.